The number of carbonyl (C=O) groups is 1. The van der Waals surface area contributed by atoms with Gasteiger partial charge in [-0.15, -0.1) is 0 Å². The number of aliphatic hydroxyl groups excluding tert-OH is 1. The summed E-state index contributed by atoms with van der Waals surface area (Å²) in [5.41, 5.74) is -0.786. The Morgan fingerprint density at radius 3 is 2.69 bits per heavy atom. The quantitative estimate of drug-likeness (QED) is 0.693. The van der Waals surface area contributed by atoms with Crippen LogP contribution in [0.1, 0.15) is 26.7 Å². The lowest BCUT2D eigenvalue weighted by Gasteiger charge is -2.38. The van der Waals surface area contributed by atoms with Crippen LogP contribution in [0.15, 0.2) is 0 Å². The Kier molecular flexibility index (Phi) is 2.93. The van der Waals surface area contributed by atoms with Crippen molar-refractivity contribution in [3.63, 3.8) is 0 Å². The molecule has 4 heteroatoms. The molecule has 0 aliphatic carbocycles. The lowest BCUT2D eigenvalue weighted by Crippen LogP contribution is -2.53. The first-order valence-corrected chi connectivity index (χ1v) is 4.63. The third-order valence-electron chi connectivity index (χ3n) is 2.69. The number of carbonyl (C=O) groups excluding carboxylic acids is 1. The summed E-state index contributed by atoms with van der Waals surface area (Å²) in [4.78, 5) is 12.8. The van der Waals surface area contributed by atoms with Gasteiger partial charge < -0.3 is 14.7 Å². The van der Waals surface area contributed by atoms with E-state index in [2.05, 4.69) is 0 Å². The van der Waals surface area contributed by atoms with E-state index in [1.165, 1.54) is 4.90 Å². The third kappa shape index (κ3) is 1.56. The second-order valence-corrected chi connectivity index (χ2v) is 3.41. The van der Waals surface area contributed by atoms with Gasteiger partial charge in [-0.05, 0) is 13.8 Å². The zero-order valence-corrected chi connectivity index (χ0v) is 8.41. The van der Waals surface area contributed by atoms with E-state index in [1.807, 2.05) is 6.92 Å². The summed E-state index contributed by atoms with van der Waals surface area (Å²) in [7, 11) is 1.68. The summed E-state index contributed by atoms with van der Waals surface area (Å²) in [6, 6.07) is 0. The van der Waals surface area contributed by atoms with Crippen LogP contribution in [0.5, 0.6) is 0 Å². The number of hydrogen-bond acceptors (Lipinski definition) is 3. The third-order valence-corrected chi connectivity index (χ3v) is 2.69. The molecule has 1 amide bonds. The Hall–Kier alpha value is -0.610. The molecule has 0 saturated carbocycles. The van der Waals surface area contributed by atoms with Crippen LogP contribution in [0.4, 0.5) is 0 Å². The van der Waals surface area contributed by atoms with E-state index in [0.29, 0.717) is 19.4 Å². The summed E-state index contributed by atoms with van der Waals surface area (Å²) in [6.07, 6.45) is 0.388. The van der Waals surface area contributed by atoms with Gasteiger partial charge in [0, 0.05) is 26.5 Å². The summed E-state index contributed by atoms with van der Waals surface area (Å²) >= 11 is 0. The van der Waals surface area contributed by atoms with Crippen molar-refractivity contribution in [1.29, 1.82) is 0 Å². The summed E-state index contributed by atoms with van der Waals surface area (Å²) in [5.74, 6) is 0.0364. The predicted octanol–water partition coefficient (Wildman–Crippen LogP) is 0.352. The number of nitrogens with zero attached hydrogens (tertiary/aromatic N) is 1. The van der Waals surface area contributed by atoms with Crippen molar-refractivity contribution in [2.45, 2.75) is 38.5 Å². The van der Waals surface area contributed by atoms with Crippen LogP contribution in [0.2, 0.25) is 0 Å². The summed E-state index contributed by atoms with van der Waals surface area (Å²) < 4.78 is 5.49. The van der Waals surface area contributed by atoms with Crippen LogP contribution in [-0.4, -0.2) is 41.4 Å². The van der Waals surface area contributed by atoms with Gasteiger partial charge in [0.2, 0.25) is 5.91 Å². The maximum absolute atomic E-state index is 11.3. The highest BCUT2D eigenvalue weighted by Crippen LogP contribution is 2.33. The lowest BCUT2D eigenvalue weighted by molar-refractivity contribution is -0.187. The highest BCUT2D eigenvalue weighted by Gasteiger charge is 2.47. The maximum Gasteiger partial charge on any atom is 0.224 e. The van der Waals surface area contributed by atoms with Gasteiger partial charge >= 0.3 is 0 Å². The first-order valence-electron chi connectivity index (χ1n) is 4.63. The van der Waals surface area contributed by atoms with Gasteiger partial charge in [0.15, 0.2) is 5.72 Å². The topological polar surface area (TPSA) is 49.8 Å². The fraction of sp³-hybridized carbons (Fsp3) is 0.889. The molecule has 0 aromatic carbocycles. The molecule has 1 N–H and O–H groups in total. The Balaban J connectivity index is 2.85. The molecule has 0 bridgehead atoms. The molecular weight excluding hydrogens is 170 g/mol. The zero-order chi connectivity index (χ0) is 10.1. The monoisotopic (exact) mass is 187 g/mol. The predicted molar refractivity (Wildman–Crippen MR) is 48.0 cm³/mol. The van der Waals surface area contributed by atoms with Gasteiger partial charge in [-0.3, -0.25) is 4.79 Å². The Morgan fingerprint density at radius 1 is 1.77 bits per heavy atom. The number of likely N-dealkylation sites (tertiary alicyclic amines) is 1. The van der Waals surface area contributed by atoms with Crippen LogP contribution in [0, 0.1) is 0 Å². The molecule has 0 spiro atoms. The van der Waals surface area contributed by atoms with Gasteiger partial charge in [-0.1, -0.05) is 0 Å². The van der Waals surface area contributed by atoms with E-state index in [9.17, 15) is 9.90 Å². The molecule has 1 fully saturated rings. The zero-order valence-electron chi connectivity index (χ0n) is 8.41. The molecule has 0 aromatic heterocycles. The molecule has 0 radical (unpaired) electrons. The van der Waals surface area contributed by atoms with Crippen molar-refractivity contribution in [2.24, 2.45) is 0 Å². The van der Waals surface area contributed by atoms with E-state index in [4.69, 9.17) is 4.74 Å². The van der Waals surface area contributed by atoms with Crippen LogP contribution >= 0.6 is 0 Å². The van der Waals surface area contributed by atoms with Gasteiger partial charge in [-0.25, -0.2) is 0 Å². The molecule has 4 nitrogen and oxygen atoms in total. The minimum Gasteiger partial charge on any atom is -0.388 e. The fourth-order valence-electron chi connectivity index (χ4n) is 1.86. The largest absolute Gasteiger partial charge is 0.388 e. The molecule has 13 heavy (non-hydrogen) atoms. The van der Waals surface area contributed by atoms with Gasteiger partial charge in [0.25, 0.3) is 0 Å². The molecule has 2 atom stereocenters. The molecule has 1 heterocycles. The minimum absolute atomic E-state index is 0.0364. The Morgan fingerprint density at radius 2 is 2.38 bits per heavy atom. The summed E-state index contributed by atoms with van der Waals surface area (Å²) in [5, 5.41) is 9.60. The summed E-state index contributed by atoms with van der Waals surface area (Å²) in [6.45, 7) is 4.02. The van der Waals surface area contributed by atoms with E-state index >= 15 is 0 Å². The average Bonchev–Trinajstić information content (AvgIpc) is 2.34. The standard InChI is InChI=1S/C9H17NO3/c1-4-13-9(7(2)11)6-5-8(12)10(9)3/h7,11H,4-6H2,1-3H3. The molecular formula is C9H17NO3. The highest BCUT2D eigenvalue weighted by molar-refractivity contribution is 5.79. The van der Waals surface area contributed by atoms with E-state index in [-0.39, 0.29) is 5.91 Å². The lowest BCUT2D eigenvalue weighted by atomic mass is 10.1. The second kappa shape index (κ2) is 3.64. The first kappa shape index (κ1) is 10.5. The number of amides is 1. The van der Waals surface area contributed by atoms with Crippen molar-refractivity contribution in [1.82, 2.24) is 4.90 Å². The SMILES string of the molecule is CCOC1(C(C)O)CCC(=O)N1C. The van der Waals surface area contributed by atoms with E-state index < -0.39 is 11.8 Å². The van der Waals surface area contributed by atoms with Crippen molar-refractivity contribution in [3.8, 4) is 0 Å². The van der Waals surface area contributed by atoms with Crippen LogP contribution < -0.4 is 0 Å². The fourth-order valence-corrected chi connectivity index (χ4v) is 1.86. The van der Waals surface area contributed by atoms with Crippen LogP contribution in [0.3, 0.4) is 0 Å². The molecule has 76 valence electrons. The smallest absolute Gasteiger partial charge is 0.224 e. The number of ether oxygens (including phenoxy) is 1. The Labute approximate surface area is 78.5 Å². The van der Waals surface area contributed by atoms with Crippen molar-refractivity contribution in [2.75, 3.05) is 13.7 Å². The average molecular weight is 187 g/mol. The van der Waals surface area contributed by atoms with E-state index in [0.717, 1.165) is 0 Å². The molecule has 1 saturated heterocycles. The van der Waals surface area contributed by atoms with E-state index in [1.54, 1.807) is 14.0 Å². The molecule has 2 unspecified atom stereocenters. The molecule has 1 aliphatic heterocycles. The number of aliphatic hydroxyl groups is 1. The maximum atomic E-state index is 11.3. The van der Waals surface area contributed by atoms with Gasteiger partial charge in [0.05, 0.1) is 6.10 Å². The van der Waals surface area contributed by atoms with Crippen LogP contribution in [-0.2, 0) is 9.53 Å². The van der Waals surface area contributed by atoms with Crippen molar-refractivity contribution in [3.05, 3.63) is 0 Å². The highest BCUT2D eigenvalue weighted by atomic mass is 16.5. The van der Waals surface area contributed by atoms with Crippen molar-refractivity contribution >= 4 is 5.91 Å². The Bertz CT molecular complexity index is 205. The normalized spacial score (nSPS) is 31.1. The first-order chi connectivity index (χ1) is 6.04. The van der Waals surface area contributed by atoms with Crippen molar-refractivity contribution < 1.29 is 14.6 Å². The minimum atomic E-state index is -0.786. The van der Waals surface area contributed by atoms with Gasteiger partial charge in [0.1, 0.15) is 0 Å². The molecule has 1 aliphatic rings. The molecule has 1 rings (SSSR count). The van der Waals surface area contributed by atoms with Gasteiger partial charge in [-0.2, -0.15) is 0 Å². The second-order valence-electron chi connectivity index (χ2n) is 3.41. The number of likely N-dealkylation sites (N-methyl/N-ethyl adjacent to an activating group) is 1. The molecule has 0 aromatic rings. The number of hydrogen-bond donors (Lipinski definition) is 1. The number of rotatable bonds is 3. The van der Waals surface area contributed by atoms with Crippen LogP contribution in [0.25, 0.3) is 0 Å².